The van der Waals surface area contributed by atoms with Gasteiger partial charge in [-0.1, -0.05) is 22.0 Å². The van der Waals surface area contributed by atoms with Gasteiger partial charge >= 0.3 is 0 Å². The van der Waals surface area contributed by atoms with Crippen molar-refractivity contribution in [3.05, 3.63) is 77.7 Å². The molecule has 0 atom stereocenters. The van der Waals surface area contributed by atoms with E-state index in [4.69, 9.17) is 9.15 Å². The summed E-state index contributed by atoms with van der Waals surface area (Å²) < 4.78 is 14.1. The van der Waals surface area contributed by atoms with E-state index in [2.05, 4.69) is 47.8 Å². The minimum Gasteiger partial charge on any atom is -0.483 e. The van der Waals surface area contributed by atoms with Crippen LogP contribution in [0.3, 0.4) is 0 Å². The second-order valence-corrected chi connectivity index (χ2v) is 8.54. The van der Waals surface area contributed by atoms with Crippen LogP contribution >= 0.6 is 59.1 Å². The number of allylic oxidation sites excluding steroid dienone is 1. The standard InChI is InChI=1S/C18H11Br3O3S/c19-11-8-14(20)18(15(21)9-11)23-10-13-4-3-12(24-13)5-6-16(22)17-2-1-7-25-17/h1-9H,10H2/b6-5+. The molecular formula is C18H11Br3O3S. The number of carbonyl (C=O) groups is 1. The fourth-order valence-corrected chi connectivity index (χ4v) is 5.16. The molecule has 25 heavy (non-hydrogen) atoms. The highest BCUT2D eigenvalue weighted by molar-refractivity contribution is 9.11. The van der Waals surface area contributed by atoms with Crippen molar-refractivity contribution < 1.29 is 13.9 Å². The van der Waals surface area contributed by atoms with E-state index >= 15 is 0 Å². The first-order valence-electron chi connectivity index (χ1n) is 7.15. The van der Waals surface area contributed by atoms with E-state index in [0.29, 0.717) is 22.1 Å². The highest BCUT2D eigenvalue weighted by atomic mass is 79.9. The van der Waals surface area contributed by atoms with Crippen LogP contribution in [0.2, 0.25) is 0 Å². The van der Waals surface area contributed by atoms with E-state index in [-0.39, 0.29) is 12.4 Å². The summed E-state index contributed by atoms with van der Waals surface area (Å²) in [6.45, 7) is 0.283. The predicted molar refractivity (Wildman–Crippen MR) is 110 cm³/mol. The minimum absolute atomic E-state index is 0.0353. The first kappa shape index (κ1) is 18.6. The van der Waals surface area contributed by atoms with Gasteiger partial charge in [-0.05, 0) is 79.7 Å². The predicted octanol–water partition coefficient (Wildman–Crippen LogP) is 7.10. The van der Waals surface area contributed by atoms with Crippen molar-refractivity contribution in [2.45, 2.75) is 6.61 Å². The van der Waals surface area contributed by atoms with E-state index < -0.39 is 0 Å². The maximum Gasteiger partial charge on any atom is 0.195 e. The molecule has 0 amide bonds. The summed E-state index contributed by atoms with van der Waals surface area (Å²) in [5.74, 6) is 1.94. The van der Waals surface area contributed by atoms with Crippen LogP contribution in [0.25, 0.3) is 6.08 Å². The molecule has 0 bridgehead atoms. The second kappa shape index (κ2) is 8.49. The highest BCUT2D eigenvalue weighted by Gasteiger charge is 2.10. The van der Waals surface area contributed by atoms with E-state index in [1.165, 1.54) is 17.4 Å². The zero-order chi connectivity index (χ0) is 17.8. The SMILES string of the molecule is O=C(/C=C/c1ccc(COc2c(Br)cc(Br)cc2Br)o1)c1cccs1. The summed E-state index contributed by atoms with van der Waals surface area (Å²) in [5.41, 5.74) is 0. The van der Waals surface area contributed by atoms with Gasteiger partial charge in [0.15, 0.2) is 5.78 Å². The maximum absolute atomic E-state index is 11.9. The van der Waals surface area contributed by atoms with Crippen LogP contribution < -0.4 is 4.74 Å². The van der Waals surface area contributed by atoms with Crippen LogP contribution in [0.1, 0.15) is 21.2 Å². The van der Waals surface area contributed by atoms with Gasteiger partial charge in [0.05, 0.1) is 13.8 Å². The van der Waals surface area contributed by atoms with Crippen LogP contribution in [-0.2, 0) is 6.61 Å². The third kappa shape index (κ3) is 4.94. The van der Waals surface area contributed by atoms with E-state index in [1.54, 1.807) is 12.1 Å². The lowest BCUT2D eigenvalue weighted by Crippen LogP contribution is -1.95. The fraction of sp³-hybridized carbons (Fsp3) is 0.0556. The van der Waals surface area contributed by atoms with Crippen LogP contribution in [0, 0.1) is 0 Å². The monoisotopic (exact) mass is 544 g/mol. The lowest BCUT2D eigenvalue weighted by atomic mass is 10.3. The lowest BCUT2D eigenvalue weighted by molar-refractivity contribution is 0.105. The fourth-order valence-electron chi connectivity index (χ4n) is 2.03. The van der Waals surface area contributed by atoms with Crippen LogP contribution in [0.5, 0.6) is 5.75 Å². The van der Waals surface area contributed by atoms with E-state index in [9.17, 15) is 4.79 Å². The van der Waals surface area contributed by atoms with Gasteiger partial charge in [-0.3, -0.25) is 4.79 Å². The molecule has 0 radical (unpaired) electrons. The number of rotatable bonds is 6. The van der Waals surface area contributed by atoms with Crippen LogP contribution in [-0.4, -0.2) is 5.78 Å². The molecule has 0 unspecified atom stereocenters. The molecule has 3 rings (SSSR count). The number of halogens is 3. The van der Waals surface area contributed by atoms with Crippen molar-refractivity contribution in [2.24, 2.45) is 0 Å². The van der Waals surface area contributed by atoms with Gasteiger partial charge < -0.3 is 9.15 Å². The Morgan fingerprint density at radius 2 is 1.92 bits per heavy atom. The summed E-state index contributed by atoms with van der Waals surface area (Å²) in [6, 6.07) is 11.1. The van der Waals surface area contributed by atoms with Gasteiger partial charge in [0, 0.05) is 4.47 Å². The smallest absolute Gasteiger partial charge is 0.195 e. The first-order chi connectivity index (χ1) is 12.0. The Hall–Kier alpha value is -1.15. The molecule has 2 aromatic heterocycles. The van der Waals surface area contributed by atoms with Crippen molar-refractivity contribution in [2.75, 3.05) is 0 Å². The molecule has 0 saturated carbocycles. The van der Waals surface area contributed by atoms with E-state index in [1.807, 2.05) is 35.7 Å². The topological polar surface area (TPSA) is 39.4 Å². The summed E-state index contributed by atoms with van der Waals surface area (Å²) in [4.78, 5) is 12.6. The molecule has 3 nitrogen and oxygen atoms in total. The largest absolute Gasteiger partial charge is 0.483 e. The number of benzene rings is 1. The molecule has 7 heteroatoms. The maximum atomic E-state index is 11.9. The molecule has 0 aliphatic carbocycles. The van der Waals surface area contributed by atoms with Gasteiger partial charge in [0.2, 0.25) is 0 Å². The quantitative estimate of drug-likeness (QED) is 0.244. The number of carbonyl (C=O) groups excluding carboxylic acids is 1. The molecule has 2 heterocycles. The lowest BCUT2D eigenvalue weighted by Gasteiger charge is -2.09. The number of hydrogen-bond acceptors (Lipinski definition) is 4. The van der Waals surface area contributed by atoms with E-state index in [0.717, 1.165) is 13.4 Å². The van der Waals surface area contributed by atoms with Gasteiger partial charge in [-0.15, -0.1) is 11.3 Å². The molecule has 1 aromatic carbocycles. The van der Waals surface area contributed by atoms with Crippen molar-refractivity contribution >= 4 is 71.0 Å². The normalized spacial score (nSPS) is 11.2. The molecule has 128 valence electrons. The molecule has 0 aliphatic heterocycles. The average Bonchev–Trinajstić information content (AvgIpc) is 3.23. The Morgan fingerprint density at radius 1 is 1.16 bits per heavy atom. The van der Waals surface area contributed by atoms with Gasteiger partial charge in [-0.2, -0.15) is 0 Å². The zero-order valence-corrected chi connectivity index (χ0v) is 18.2. The number of hydrogen-bond donors (Lipinski definition) is 0. The van der Waals surface area contributed by atoms with Gasteiger partial charge in [-0.25, -0.2) is 0 Å². The molecule has 3 aromatic rings. The number of thiophene rings is 1. The van der Waals surface area contributed by atoms with Crippen molar-refractivity contribution in [3.63, 3.8) is 0 Å². The van der Waals surface area contributed by atoms with Crippen LogP contribution in [0.4, 0.5) is 0 Å². The Kier molecular flexibility index (Phi) is 6.33. The highest BCUT2D eigenvalue weighted by Crippen LogP contribution is 2.36. The molecule has 0 N–H and O–H groups in total. The Morgan fingerprint density at radius 3 is 2.60 bits per heavy atom. The number of furan rings is 1. The summed E-state index contributed by atoms with van der Waals surface area (Å²) in [7, 11) is 0. The average molecular weight is 547 g/mol. The Labute approximate surface area is 174 Å². The third-order valence-corrected chi connectivity index (χ3v) is 5.69. The Balaban J connectivity index is 1.63. The number of ketones is 1. The van der Waals surface area contributed by atoms with Crippen molar-refractivity contribution in [1.82, 2.24) is 0 Å². The summed E-state index contributed by atoms with van der Waals surface area (Å²) in [6.07, 6.45) is 3.17. The second-order valence-electron chi connectivity index (χ2n) is 4.97. The van der Waals surface area contributed by atoms with Crippen molar-refractivity contribution in [3.8, 4) is 5.75 Å². The summed E-state index contributed by atoms with van der Waals surface area (Å²) >= 11 is 11.8. The van der Waals surface area contributed by atoms with Gasteiger partial charge in [0.1, 0.15) is 23.9 Å². The Bertz CT molecular complexity index is 891. The molecule has 0 aliphatic rings. The number of ether oxygens (including phenoxy) is 1. The summed E-state index contributed by atoms with van der Waals surface area (Å²) in [5, 5.41) is 1.88. The minimum atomic E-state index is -0.0353. The van der Waals surface area contributed by atoms with Gasteiger partial charge in [0.25, 0.3) is 0 Å². The van der Waals surface area contributed by atoms with Crippen LogP contribution in [0.15, 0.2) is 65.7 Å². The first-order valence-corrected chi connectivity index (χ1v) is 10.4. The van der Waals surface area contributed by atoms with Crippen molar-refractivity contribution in [1.29, 1.82) is 0 Å². The zero-order valence-electron chi connectivity index (χ0n) is 12.7. The molecular weight excluding hydrogens is 536 g/mol. The molecule has 0 saturated heterocycles. The molecule has 0 spiro atoms. The third-order valence-electron chi connectivity index (χ3n) is 3.17. The molecule has 0 fully saturated rings.